The first kappa shape index (κ1) is 19.6. The molecule has 1 amide bonds. The zero-order valence-corrected chi connectivity index (χ0v) is 16.8. The maximum Gasteiger partial charge on any atom is 0.260 e. The van der Waals surface area contributed by atoms with E-state index in [-0.39, 0.29) is 17.2 Å². The molecule has 27 heavy (non-hydrogen) atoms. The van der Waals surface area contributed by atoms with Crippen LogP contribution in [0.15, 0.2) is 29.2 Å². The molecule has 1 N–H and O–H groups in total. The summed E-state index contributed by atoms with van der Waals surface area (Å²) in [6.07, 6.45) is 7.95. The van der Waals surface area contributed by atoms with E-state index in [1.165, 1.54) is 29.2 Å². The first-order valence-electron chi connectivity index (χ1n) is 8.51. The molecule has 1 aromatic carbocycles. The summed E-state index contributed by atoms with van der Waals surface area (Å²) in [5.74, 6) is 0.0109. The molecule has 2 heterocycles. The van der Waals surface area contributed by atoms with Gasteiger partial charge in [0.05, 0.1) is 20.7 Å². The van der Waals surface area contributed by atoms with Crippen molar-refractivity contribution in [2.24, 2.45) is 0 Å². The third-order valence-electron chi connectivity index (χ3n) is 4.42. The second kappa shape index (κ2) is 8.69. The number of carbonyl (C=O) groups is 2. The lowest BCUT2D eigenvalue weighted by Crippen LogP contribution is -2.47. The Balaban J connectivity index is 1.77. The third-order valence-corrected chi connectivity index (χ3v) is 6.24. The van der Waals surface area contributed by atoms with Crippen molar-refractivity contribution in [1.29, 1.82) is 0 Å². The predicted molar refractivity (Wildman–Crippen MR) is 111 cm³/mol. The number of likely N-dealkylation sites (N-methyl/N-ethyl adjacent to an activating group) is 1. The summed E-state index contributed by atoms with van der Waals surface area (Å²) in [6, 6.07) is 3.16. The molecule has 0 bridgehead atoms. The minimum absolute atomic E-state index is 0.0426. The van der Waals surface area contributed by atoms with E-state index >= 15 is 0 Å². The molecule has 8 heteroatoms. The summed E-state index contributed by atoms with van der Waals surface area (Å²) in [6.45, 7) is 3.27. The van der Waals surface area contributed by atoms with Gasteiger partial charge in [-0.15, -0.1) is 23.1 Å². The number of phenolic OH excluding ortho intramolecular Hbond substituents is 1. The van der Waals surface area contributed by atoms with Gasteiger partial charge in [-0.3, -0.25) is 9.59 Å². The number of thiazole rings is 1. The molecule has 2 aromatic rings. The SMILES string of the molecule is CS/C(=C\C=C\c1nc2ccc(O)c(C=O)c2s1)C(=O)N1CCN(C)CC1. The van der Waals surface area contributed by atoms with Crippen molar-refractivity contribution >= 4 is 51.6 Å². The molecule has 1 aromatic heterocycles. The van der Waals surface area contributed by atoms with Crippen LogP contribution in [-0.4, -0.2) is 71.6 Å². The second-order valence-electron chi connectivity index (χ2n) is 6.21. The van der Waals surface area contributed by atoms with Crippen LogP contribution in [0.2, 0.25) is 0 Å². The average molecular weight is 404 g/mol. The Hall–Kier alpha value is -2.16. The molecule has 6 nitrogen and oxygen atoms in total. The van der Waals surface area contributed by atoms with Crippen molar-refractivity contribution in [3.05, 3.63) is 39.8 Å². The zero-order chi connectivity index (χ0) is 19.4. The minimum Gasteiger partial charge on any atom is -0.507 e. The second-order valence-corrected chi connectivity index (χ2v) is 8.08. The molecule has 1 fully saturated rings. The van der Waals surface area contributed by atoms with E-state index in [1.54, 1.807) is 18.2 Å². The van der Waals surface area contributed by atoms with E-state index in [4.69, 9.17) is 0 Å². The number of fused-ring (bicyclic) bond motifs is 1. The molecule has 0 atom stereocenters. The smallest absolute Gasteiger partial charge is 0.260 e. The van der Waals surface area contributed by atoms with Gasteiger partial charge in [0, 0.05) is 26.2 Å². The average Bonchev–Trinajstić information content (AvgIpc) is 3.08. The molecule has 0 spiro atoms. The highest BCUT2D eigenvalue weighted by Gasteiger charge is 2.21. The van der Waals surface area contributed by atoms with E-state index < -0.39 is 0 Å². The largest absolute Gasteiger partial charge is 0.507 e. The Morgan fingerprint density at radius 1 is 1.30 bits per heavy atom. The van der Waals surface area contributed by atoms with Crippen LogP contribution in [0.4, 0.5) is 0 Å². The number of aromatic hydroxyl groups is 1. The van der Waals surface area contributed by atoms with Gasteiger partial charge >= 0.3 is 0 Å². The van der Waals surface area contributed by atoms with Crippen molar-refractivity contribution in [1.82, 2.24) is 14.8 Å². The molecule has 0 aliphatic carbocycles. The highest BCUT2D eigenvalue weighted by molar-refractivity contribution is 8.03. The number of rotatable bonds is 5. The van der Waals surface area contributed by atoms with Crippen molar-refractivity contribution in [2.45, 2.75) is 0 Å². The number of carbonyl (C=O) groups excluding carboxylic acids is 2. The lowest BCUT2D eigenvalue weighted by Gasteiger charge is -2.32. The summed E-state index contributed by atoms with van der Waals surface area (Å²) in [5.41, 5.74) is 0.928. The van der Waals surface area contributed by atoms with Crippen LogP contribution >= 0.6 is 23.1 Å². The highest BCUT2D eigenvalue weighted by Crippen LogP contribution is 2.31. The van der Waals surface area contributed by atoms with E-state index in [0.717, 1.165) is 26.2 Å². The number of thioether (sulfide) groups is 1. The number of phenols is 1. The van der Waals surface area contributed by atoms with Gasteiger partial charge in [-0.05, 0) is 37.6 Å². The number of hydrogen-bond acceptors (Lipinski definition) is 7. The lowest BCUT2D eigenvalue weighted by atomic mass is 10.2. The van der Waals surface area contributed by atoms with Crippen LogP contribution in [0.1, 0.15) is 15.4 Å². The molecule has 0 saturated carbocycles. The van der Waals surface area contributed by atoms with Crippen molar-refractivity contribution in [3.63, 3.8) is 0 Å². The number of aldehydes is 1. The van der Waals surface area contributed by atoms with Gasteiger partial charge in [0.2, 0.25) is 0 Å². The van der Waals surface area contributed by atoms with Gasteiger partial charge in [0.25, 0.3) is 5.91 Å². The first-order chi connectivity index (χ1) is 13.0. The number of allylic oxidation sites excluding steroid dienone is 2. The van der Waals surface area contributed by atoms with Crippen LogP contribution in [0.5, 0.6) is 5.75 Å². The molecule has 1 aliphatic rings. The van der Waals surface area contributed by atoms with Gasteiger partial charge in [0.15, 0.2) is 6.29 Å². The summed E-state index contributed by atoms with van der Waals surface area (Å²) in [7, 11) is 2.06. The van der Waals surface area contributed by atoms with Gasteiger partial charge in [-0.1, -0.05) is 6.08 Å². The fourth-order valence-electron chi connectivity index (χ4n) is 2.81. The van der Waals surface area contributed by atoms with Gasteiger partial charge in [0.1, 0.15) is 10.8 Å². The Labute approximate surface area is 166 Å². The number of hydrogen-bond donors (Lipinski definition) is 1. The van der Waals surface area contributed by atoms with E-state index in [1.807, 2.05) is 17.2 Å². The minimum atomic E-state index is -0.0426. The highest BCUT2D eigenvalue weighted by atomic mass is 32.2. The Bertz CT molecular complexity index is 912. The van der Waals surface area contributed by atoms with Crippen molar-refractivity contribution < 1.29 is 14.7 Å². The number of amides is 1. The van der Waals surface area contributed by atoms with Gasteiger partial charge < -0.3 is 14.9 Å². The molecule has 0 unspecified atom stereocenters. The number of nitrogens with zero attached hydrogens (tertiary/aromatic N) is 3. The van der Waals surface area contributed by atoms with E-state index in [0.29, 0.717) is 26.4 Å². The molecule has 1 saturated heterocycles. The maximum absolute atomic E-state index is 12.6. The molecule has 142 valence electrons. The number of aromatic nitrogens is 1. The normalized spacial score (nSPS) is 16.4. The Kier molecular flexibility index (Phi) is 6.30. The molecular weight excluding hydrogens is 382 g/mol. The molecule has 1 aliphatic heterocycles. The van der Waals surface area contributed by atoms with Crippen LogP contribution in [0.25, 0.3) is 16.3 Å². The monoisotopic (exact) mass is 403 g/mol. The maximum atomic E-state index is 12.6. The molecular formula is C19H21N3O3S2. The fourth-order valence-corrected chi connectivity index (χ4v) is 4.31. The summed E-state index contributed by atoms with van der Waals surface area (Å²) in [4.78, 5) is 33.1. The van der Waals surface area contributed by atoms with Crippen LogP contribution < -0.4 is 0 Å². The van der Waals surface area contributed by atoms with Gasteiger partial charge in [-0.25, -0.2) is 4.98 Å². The van der Waals surface area contributed by atoms with E-state index in [2.05, 4.69) is 16.9 Å². The van der Waals surface area contributed by atoms with Crippen molar-refractivity contribution in [2.75, 3.05) is 39.5 Å². The quantitative estimate of drug-likeness (QED) is 0.470. The summed E-state index contributed by atoms with van der Waals surface area (Å²) >= 11 is 2.76. The summed E-state index contributed by atoms with van der Waals surface area (Å²) in [5, 5.41) is 10.5. The lowest BCUT2D eigenvalue weighted by molar-refractivity contribution is -0.127. The Morgan fingerprint density at radius 3 is 2.70 bits per heavy atom. The number of piperazine rings is 1. The topological polar surface area (TPSA) is 73.7 Å². The molecule has 0 radical (unpaired) electrons. The number of benzene rings is 1. The van der Waals surface area contributed by atoms with Gasteiger partial charge in [-0.2, -0.15) is 0 Å². The Morgan fingerprint density at radius 2 is 2.04 bits per heavy atom. The van der Waals surface area contributed by atoms with Crippen LogP contribution in [0.3, 0.4) is 0 Å². The van der Waals surface area contributed by atoms with Crippen molar-refractivity contribution in [3.8, 4) is 5.75 Å². The first-order valence-corrected chi connectivity index (χ1v) is 10.6. The van der Waals surface area contributed by atoms with Crippen LogP contribution in [0, 0.1) is 0 Å². The standard InChI is InChI=1S/C19H21N3O3S2/c1-21-8-10-22(11-9-21)19(25)16(26-2)4-3-5-17-20-14-6-7-15(24)13(12-23)18(14)27-17/h3-7,12,24H,8-11H2,1-2H3/b5-3+,16-4-. The van der Waals surface area contributed by atoms with E-state index in [9.17, 15) is 14.7 Å². The summed E-state index contributed by atoms with van der Waals surface area (Å²) < 4.78 is 0.659. The molecule has 3 rings (SSSR count). The fraction of sp³-hybridized carbons (Fsp3) is 0.316. The third kappa shape index (κ3) is 4.40. The zero-order valence-electron chi connectivity index (χ0n) is 15.2. The predicted octanol–water partition coefficient (Wildman–Crippen LogP) is 2.85. The van der Waals surface area contributed by atoms with Crippen LogP contribution in [-0.2, 0) is 4.79 Å².